The van der Waals surface area contributed by atoms with Crippen LogP contribution in [-0.4, -0.2) is 19.2 Å². The van der Waals surface area contributed by atoms with E-state index >= 15 is 0 Å². The molecule has 0 aliphatic carbocycles. The molecule has 0 radical (unpaired) electrons. The van der Waals surface area contributed by atoms with Gasteiger partial charge in [-0.05, 0) is 54.4 Å². The van der Waals surface area contributed by atoms with Crippen molar-refractivity contribution in [3.63, 3.8) is 0 Å². The molecular formula is C23H16Cl2N4OS. The second-order valence-corrected chi connectivity index (χ2v) is 8.91. The number of aryl methyl sites for hydroxylation is 1. The van der Waals surface area contributed by atoms with E-state index in [-0.39, 0.29) is 5.56 Å². The van der Waals surface area contributed by atoms with E-state index in [4.69, 9.17) is 23.2 Å². The van der Waals surface area contributed by atoms with E-state index in [2.05, 4.69) is 10.2 Å². The lowest BCUT2D eigenvalue weighted by molar-refractivity contribution is 0.930. The van der Waals surface area contributed by atoms with Crippen molar-refractivity contribution in [2.24, 2.45) is 0 Å². The van der Waals surface area contributed by atoms with Gasteiger partial charge in [0.25, 0.3) is 5.56 Å². The average Bonchev–Trinajstić information content (AvgIpc) is 3.19. The predicted molar refractivity (Wildman–Crippen MR) is 127 cm³/mol. The van der Waals surface area contributed by atoms with Crippen LogP contribution in [0.15, 0.2) is 76.7 Å². The maximum Gasteiger partial charge on any atom is 0.267 e. The number of fused-ring (bicyclic) bond motifs is 3. The Kier molecular flexibility index (Phi) is 5.22. The highest BCUT2D eigenvalue weighted by atomic mass is 35.5. The predicted octanol–water partition coefficient (Wildman–Crippen LogP) is 5.94. The molecule has 0 bridgehead atoms. The Labute approximate surface area is 192 Å². The highest BCUT2D eigenvalue weighted by Gasteiger charge is 2.18. The fourth-order valence-corrected chi connectivity index (χ4v) is 4.75. The van der Waals surface area contributed by atoms with Crippen LogP contribution in [0.1, 0.15) is 11.1 Å². The van der Waals surface area contributed by atoms with Gasteiger partial charge in [0, 0.05) is 5.75 Å². The van der Waals surface area contributed by atoms with E-state index in [0.29, 0.717) is 32.1 Å². The summed E-state index contributed by atoms with van der Waals surface area (Å²) in [5.41, 5.74) is 3.49. The van der Waals surface area contributed by atoms with Gasteiger partial charge < -0.3 is 0 Å². The minimum Gasteiger partial charge on any atom is -0.268 e. The molecule has 3 aromatic carbocycles. The second-order valence-electron chi connectivity index (χ2n) is 7.15. The average molecular weight is 467 g/mol. The zero-order valence-corrected chi connectivity index (χ0v) is 18.7. The maximum atomic E-state index is 13.4. The lowest BCUT2D eigenvalue weighted by Gasteiger charge is -2.12. The van der Waals surface area contributed by atoms with Crippen LogP contribution >= 0.6 is 35.0 Å². The van der Waals surface area contributed by atoms with Gasteiger partial charge in [-0.2, -0.15) is 0 Å². The highest BCUT2D eigenvalue weighted by molar-refractivity contribution is 7.98. The third-order valence-electron chi connectivity index (χ3n) is 5.01. The summed E-state index contributed by atoms with van der Waals surface area (Å²) in [6, 6.07) is 20.9. The topological polar surface area (TPSA) is 52.2 Å². The van der Waals surface area contributed by atoms with Crippen molar-refractivity contribution >= 4 is 51.6 Å². The van der Waals surface area contributed by atoms with Crippen molar-refractivity contribution in [2.75, 3.05) is 0 Å². The summed E-state index contributed by atoms with van der Waals surface area (Å²) in [4.78, 5) is 13.4. The summed E-state index contributed by atoms with van der Waals surface area (Å²) in [6.45, 7) is 2.00. The fraction of sp³-hybridized carbons (Fsp3) is 0.0870. The summed E-state index contributed by atoms with van der Waals surface area (Å²) in [5.74, 6) is 1.11. The largest absolute Gasteiger partial charge is 0.268 e. The van der Waals surface area contributed by atoms with Crippen molar-refractivity contribution in [1.82, 2.24) is 19.2 Å². The smallest absolute Gasteiger partial charge is 0.267 e. The first-order chi connectivity index (χ1) is 15.0. The molecule has 8 heteroatoms. The van der Waals surface area contributed by atoms with Gasteiger partial charge in [0.05, 0.1) is 26.6 Å². The van der Waals surface area contributed by atoms with Gasteiger partial charge in [0.1, 0.15) is 0 Å². The monoisotopic (exact) mass is 466 g/mol. The molecule has 0 aliphatic rings. The molecule has 5 rings (SSSR count). The number of para-hydroxylation sites is 1. The lowest BCUT2D eigenvalue weighted by atomic mass is 10.2. The standard InChI is InChI=1S/C23H16Cl2N4OS/c1-14-5-4-6-16(11-14)28-21(30)17-7-2-3-8-20(17)29-22(28)26-27-23(29)31-13-15-9-10-18(24)19(25)12-15/h2-12H,13H2,1H3. The minimum atomic E-state index is -0.123. The van der Waals surface area contributed by atoms with E-state index in [1.54, 1.807) is 10.6 Å². The minimum absolute atomic E-state index is 0.123. The molecule has 0 saturated heterocycles. The van der Waals surface area contributed by atoms with Gasteiger partial charge in [0.15, 0.2) is 5.16 Å². The molecule has 0 aliphatic heterocycles. The Morgan fingerprint density at radius 1 is 0.935 bits per heavy atom. The van der Waals surface area contributed by atoms with Gasteiger partial charge in [-0.25, -0.2) is 4.57 Å². The molecule has 2 heterocycles. The van der Waals surface area contributed by atoms with Crippen molar-refractivity contribution in [3.8, 4) is 5.69 Å². The summed E-state index contributed by atoms with van der Waals surface area (Å²) in [5, 5.41) is 11.1. The summed E-state index contributed by atoms with van der Waals surface area (Å²) in [7, 11) is 0. The molecule has 0 spiro atoms. The summed E-state index contributed by atoms with van der Waals surface area (Å²) >= 11 is 13.7. The molecule has 5 aromatic rings. The zero-order valence-electron chi connectivity index (χ0n) is 16.4. The van der Waals surface area contributed by atoms with Crippen LogP contribution in [0.2, 0.25) is 10.0 Å². The third kappa shape index (κ3) is 3.61. The zero-order chi connectivity index (χ0) is 21.5. The lowest BCUT2D eigenvalue weighted by Crippen LogP contribution is -2.21. The first-order valence-electron chi connectivity index (χ1n) is 9.55. The van der Waals surface area contributed by atoms with Crippen LogP contribution in [-0.2, 0) is 5.75 Å². The number of nitrogens with zero attached hydrogens (tertiary/aromatic N) is 4. The highest BCUT2D eigenvalue weighted by Crippen LogP contribution is 2.28. The van der Waals surface area contributed by atoms with Gasteiger partial charge in [-0.1, -0.05) is 65.3 Å². The Morgan fingerprint density at radius 2 is 1.77 bits per heavy atom. The molecule has 0 amide bonds. The maximum absolute atomic E-state index is 13.4. The van der Waals surface area contributed by atoms with Crippen LogP contribution < -0.4 is 5.56 Å². The van der Waals surface area contributed by atoms with E-state index in [0.717, 1.165) is 22.3 Å². The van der Waals surface area contributed by atoms with E-state index < -0.39 is 0 Å². The molecule has 0 N–H and O–H groups in total. The van der Waals surface area contributed by atoms with Crippen LogP contribution in [0.4, 0.5) is 0 Å². The molecule has 2 aromatic heterocycles. The van der Waals surface area contributed by atoms with Gasteiger partial charge in [0.2, 0.25) is 5.78 Å². The number of benzene rings is 3. The van der Waals surface area contributed by atoms with Gasteiger partial charge >= 0.3 is 0 Å². The number of thioether (sulfide) groups is 1. The number of aromatic nitrogens is 4. The molecule has 0 fully saturated rings. The van der Waals surface area contributed by atoms with Gasteiger partial charge in [-0.3, -0.25) is 9.20 Å². The van der Waals surface area contributed by atoms with Crippen LogP contribution in [0.3, 0.4) is 0 Å². The second kappa shape index (κ2) is 8.04. The SMILES string of the molecule is Cc1cccc(-n2c(=O)c3ccccc3n3c(SCc4ccc(Cl)c(Cl)c4)nnc23)c1. The van der Waals surface area contributed by atoms with Crippen molar-refractivity contribution in [3.05, 3.63) is 98.3 Å². The number of hydrogen-bond donors (Lipinski definition) is 0. The normalized spacial score (nSPS) is 11.5. The van der Waals surface area contributed by atoms with Crippen LogP contribution in [0, 0.1) is 6.92 Å². The first kappa shape index (κ1) is 20.1. The number of halogens is 2. The van der Waals surface area contributed by atoms with Crippen molar-refractivity contribution in [2.45, 2.75) is 17.8 Å². The Balaban J connectivity index is 1.69. The van der Waals surface area contributed by atoms with E-state index in [9.17, 15) is 4.79 Å². The Bertz CT molecular complexity index is 1510. The molecule has 31 heavy (non-hydrogen) atoms. The van der Waals surface area contributed by atoms with Crippen LogP contribution in [0.25, 0.3) is 22.4 Å². The Hall–Kier alpha value is -2.80. The number of rotatable bonds is 4. The Morgan fingerprint density at radius 3 is 2.58 bits per heavy atom. The molecule has 0 saturated carbocycles. The first-order valence-corrected chi connectivity index (χ1v) is 11.3. The summed E-state index contributed by atoms with van der Waals surface area (Å²) < 4.78 is 3.55. The fourth-order valence-electron chi connectivity index (χ4n) is 3.55. The summed E-state index contributed by atoms with van der Waals surface area (Å²) in [6.07, 6.45) is 0. The van der Waals surface area contributed by atoms with Crippen molar-refractivity contribution < 1.29 is 0 Å². The molecule has 0 unspecified atom stereocenters. The number of hydrogen-bond acceptors (Lipinski definition) is 4. The van der Waals surface area contributed by atoms with Crippen molar-refractivity contribution in [1.29, 1.82) is 0 Å². The molecule has 154 valence electrons. The molecule has 5 nitrogen and oxygen atoms in total. The van der Waals surface area contributed by atoms with Gasteiger partial charge in [-0.15, -0.1) is 10.2 Å². The quantitative estimate of drug-likeness (QED) is 0.307. The molecule has 0 atom stereocenters. The third-order valence-corrected chi connectivity index (χ3v) is 6.75. The van der Waals surface area contributed by atoms with Crippen LogP contribution in [0.5, 0.6) is 0 Å². The van der Waals surface area contributed by atoms with E-state index in [1.807, 2.05) is 72.0 Å². The van der Waals surface area contributed by atoms with E-state index in [1.165, 1.54) is 11.8 Å². The molecular weight excluding hydrogens is 451 g/mol.